The van der Waals surface area contributed by atoms with E-state index in [1.165, 1.54) is 0 Å². The Balaban J connectivity index is 0.00000180. The zero-order valence-electron chi connectivity index (χ0n) is 10.9. The molecule has 1 aliphatic rings. The van der Waals surface area contributed by atoms with Gasteiger partial charge < -0.3 is 15.8 Å². The normalized spacial score (nSPS) is 22.4. The molecule has 0 saturated carbocycles. The molecule has 1 aromatic rings. The molecular weight excluding hydrogens is 264 g/mol. The highest BCUT2D eigenvalue weighted by atomic mass is 35.5. The molecule has 0 bridgehead atoms. The van der Waals surface area contributed by atoms with Crippen molar-refractivity contribution in [3.63, 3.8) is 0 Å². The lowest BCUT2D eigenvalue weighted by Gasteiger charge is -2.31. The third-order valence-corrected chi connectivity index (χ3v) is 3.23. The van der Waals surface area contributed by atoms with E-state index in [0.717, 1.165) is 25.0 Å². The zero-order chi connectivity index (χ0) is 12.8. The van der Waals surface area contributed by atoms with Crippen molar-refractivity contribution in [1.82, 2.24) is 5.32 Å². The number of ether oxygens (including phenoxy) is 1. The fourth-order valence-corrected chi connectivity index (χ4v) is 2.35. The summed E-state index contributed by atoms with van der Waals surface area (Å²) in [6.45, 7) is 1.71. The molecule has 1 fully saturated rings. The van der Waals surface area contributed by atoms with Gasteiger partial charge in [-0.15, -0.1) is 12.4 Å². The molecular formula is C14H21ClN2O2. The molecule has 19 heavy (non-hydrogen) atoms. The van der Waals surface area contributed by atoms with Crippen LogP contribution in [0.2, 0.25) is 0 Å². The molecule has 4 nitrogen and oxygen atoms in total. The molecule has 0 radical (unpaired) electrons. The highest BCUT2D eigenvalue weighted by Gasteiger charge is 2.32. The SMILES string of the molecule is Cl.NCCNC(=O)C1CCCOC1c1ccccc1. The van der Waals surface area contributed by atoms with E-state index in [0.29, 0.717) is 13.1 Å². The molecule has 2 atom stereocenters. The summed E-state index contributed by atoms with van der Waals surface area (Å²) in [5, 5.41) is 2.86. The van der Waals surface area contributed by atoms with Gasteiger partial charge in [-0.05, 0) is 18.4 Å². The fraction of sp³-hybridized carbons (Fsp3) is 0.500. The second-order valence-electron chi connectivity index (χ2n) is 4.53. The highest BCUT2D eigenvalue weighted by Crippen LogP contribution is 2.33. The zero-order valence-corrected chi connectivity index (χ0v) is 11.7. The number of carbonyl (C=O) groups excluding carboxylic acids is 1. The van der Waals surface area contributed by atoms with Crippen LogP contribution in [0.5, 0.6) is 0 Å². The van der Waals surface area contributed by atoms with Crippen LogP contribution < -0.4 is 11.1 Å². The maximum atomic E-state index is 12.1. The van der Waals surface area contributed by atoms with Crippen LogP contribution in [-0.4, -0.2) is 25.6 Å². The van der Waals surface area contributed by atoms with Crippen molar-refractivity contribution in [2.45, 2.75) is 18.9 Å². The van der Waals surface area contributed by atoms with Crippen LogP contribution in [0.4, 0.5) is 0 Å². The lowest BCUT2D eigenvalue weighted by molar-refractivity contribution is -0.134. The number of hydrogen-bond acceptors (Lipinski definition) is 3. The molecule has 5 heteroatoms. The van der Waals surface area contributed by atoms with Crippen molar-refractivity contribution in [3.8, 4) is 0 Å². The Labute approximate surface area is 120 Å². The van der Waals surface area contributed by atoms with E-state index in [9.17, 15) is 4.79 Å². The van der Waals surface area contributed by atoms with E-state index >= 15 is 0 Å². The van der Waals surface area contributed by atoms with E-state index in [2.05, 4.69) is 5.32 Å². The van der Waals surface area contributed by atoms with Gasteiger partial charge in [-0.2, -0.15) is 0 Å². The summed E-state index contributed by atoms with van der Waals surface area (Å²) in [5.41, 5.74) is 6.48. The van der Waals surface area contributed by atoms with Gasteiger partial charge in [0.2, 0.25) is 5.91 Å². The minimum absolute atomic E-state index is 0. The molecule has 106 valence electrons. The summed E-state index contributed by atoms with van der Waals surface area (Å²) in [5.74, 6) is -0.0540. The summed E-state index contributed by atoms with van der Waals surface area (Å²) in [7, 11) is 0. The van der Waals surface area contributed by atoms with Crippen LogP contribution in [0.1, 0.15) is 24.5 Å². The van der Waals surface area contributed by atoms with Crippen molar-refractivity contribution in [1.29, 1.82) is 0 Å². The Hall–Kier alpha value is -1.10. The van der Waals surface area contributed by atoms with E-state index in [1.807, 2.05) is 30.3 Å². The van der Waals surface area contributed by atoms with Crippen molar-refractivity contribution in [2.24, 2.45) is 11.7 Å². The number of nitrogens with one attached hydrogen (secondary N) is 1. The molecule has 0 aliphatic carbocycles. The number of nitrogens with two attached hydrogens (primary N) is 1. The van der Waals surface area contributed by atoms with Crippen molar-refractivity contribution in [3.05, 3.63) is 35.9 Å². The Bertz CT molecular complexity index is 386. The third kappa shape index (κ3) is 4.20. The van der Waals surface area contributed by atoms with Gasteiger partial charge in [0.25, 0.3) is 0 Å². The summed E-state index contributed by atoms with van der Waals surface area (Å²) < 4.78 is 5.79. The summed E-state index contributed by atoms with van der Waals surface area (Å²) in [6, 6.07) is 9.94. The molecule has 3 N–H and O–H groups in total. The van der Waals surface area contributed by atoms with E-state index in [-0.39, 0.29) is 30.3 Å². The van der Waals surface area contributed by atoms with Crippen molar-refractivity contribution >= 4 is 18.3 Å². The Kier molecular flexibility index (Phi) is 6.84. The molecule has 1 saturated heterocycles. The molecule has 1 aromatic carbocycles. The predicted molar refractivity (Wildman–Crippen MR) is 77.2 cm³/mol. The van der Waals surface area contributed by atoms with E-state index in [1.54, 1.807) is 0 Å². The summed E-state index contributed by atoms with van der Waals surface area (Å²) in [6.07, 6.45) is 1.68. The predicted octanol–water partition coefficient (Wildman–Crippen LogP) is 1.65. The van der Waals surface area contributed by atoms with Crippen molar-refractivity contribution in [2.75, 3.05) is 19.7 Å². The average Bonchev–Trinajstić information content (AvgIpc) is 2.45. The molecule has 2 unspecified atom stereocenters. The maximum absolute atomic E-state index is 12.1. The first-order chi connectivity index (χ1) is 8.83. The minimum Gasteiger partial charge on any atom is -0.373 e. The second kappa shape index (κ2) is 8.15. The first-order valence-electron chi connectivity index (χ1n) is 6.47. The van der Waals surface area contributed by atoms with Gasteiger partial charge >= 0.3 is 0 Å². The Morgan fingerprint density at radius 2 is 2.11 bits per heavy atom. The number of carbonyl (C=O) groups is 1. The van der Waals surface area contributed by atoms with Crippen LogP contribution in [-0.2, 0) is 9.53 Å². The maximum Gasteiger partial charge on any atom is 0.226 e. The standard InChI is InChI=1S/C14H20N2O2.ClH/c15-8-9-16-14(17)12-7-4-10-18-13(12)11-5-2-1-3-6-11;/h1-3,5-6,12-13H,4,7-10,15H2,(H,16,17);1H. The van der Waals surface area contributed by atoms with Gasteiger partial charge in [0.05, 0.1) is 12.0 Å². The van der Waals surface area contributed by atoms with E-state index < -0.39 is 0 Å². The third-order valence-electron chi connectivity index (χ3n) is 3.23. The molecule has 1 heterocycles. The number of rotatable bonds is 4. The molecule has 1 aliphatic heterocycles. The van der Waals surface area contributed by atoms with Crippen LogP contribution >= 0.6 is 12.4 Å². The summed E-state index contributed by atoms with van der Waals surface area (Å²) in [4.78, 5) is 12.1. The van der Waals surface area contributed by atoms with E-state index in [4.69, 9.17) is 10.5 Å². The van der Waals surface area contributed by atoms with Crippen LogP contribution in [0, 0.1) is 5.92 Å². The fourth-order valence-electron chi connectivity index (χ4n) is 2.35. The van der Waals surface area contributed by atoms with Gasteiger partial charge in [-0.1, -0.05) is 30.3 Å². The highest BCUT2D eigenvalue weighted by molar-refractivity contribution is 5.85. The average molecular weight is 285 g/mol. The second-order valence-corrected chi connectivity index (χ2v) is 4.53. The Morgan fingerprint density at radius 3 is 2.79 bits per heavy atom. The van der Waals surface area contributed by atoms with Gasteiger partial charge in [-0.3, -0.25) is 4.79 Å². The first kappa shape index (κ1) is 16.0. The monoisotopic (exact) mass is 284 g/mol. The number of benzene rings is 1. The largest absolute Gasteiger partial charge is 0.373 e. The lowest BCUT2D eigenvalue weighted by atomic mass is 9.89. The number of amides is 1. The molecule has 1 amide bonds. The van der Waals surface area contributed by atoms with Crippen LogP contribution in [0.25, 0.3) is 0 Å². The van der Waals surface area contributed by atoms with Crippen molar-refractivity contribution < 1.29 is 9.53 Å². The van der Waals surface area contributed by atoms with Crippen LogP contribution in [0.15, 0.2) is 30.3 Å². The quantitative estimate of drug-likeness (QED) is 0.884. The topological polar surface area (TPSA) is 64.3 Å². The first-order valence-corrected chi connectivity index (χ1v) is 6.47. The number of halogens is 1. The van der Waals surface area contributed by atoms with Crippen LogP contribution in [0.3, 0.4) is 0 Å². The Morgan fingerprint density at radius 1 is 1.37 bits per heavy atom. The number of hydrogen-bond donors (Lipinski definition) is 2. The van der Waals surface area contributed by atoms with Gasteiger partial charge in [0.1, 0.15) is 0 Å². The minimum atomic E-state index is -0.127. The molecule has 0 aromatic heterocycles. The smallest absolute Gasteiger partial charge is 0.226 e. The van der Waals surface area contributed by atoms with Gasteiger partial charge in [0.15, 0.2) is 0 Å². The van der Waals surface area contributed by atoms with Gasteiger partial charge in [-0.25, -0.2) is 0 Å². The molecule has 0 spiro atoms. The summed E-state index contributed by atoms with van der Waals surface area (Å²) >= 11 is 0. The van der Waals surface area contributed by atoms with Gasteiger partial charge in [0, 0.05) is 19.7 Å². The molecule has 2 rings (SSSR count). The lowest BCUT2D eigenvalue weighted by Crippen LogP contribution is -2.39.